The van der Waals surface area contributed by atoms with Crippen LogP contribution in [0.1, 0.15) is 35.0 Å². The molecule has 0 aliphatic carbocycles. The van der Waals surface area contributed by atoms with E-state index < -0.39 is 24.8 Å². The maximum Gasteiger partial charge on any atom is 0.417 e. The van der Waals surface area contributed by atoms with Crippen molar-refractivity contribution in [3.63, 3.8) is 0 Å². The number of cyclic esters (lactones) is 1. The molecule has 0 spiro atoms. The molecule has 0 radical (unpaired) electrons. The maximum atomic E-state index is 12.9. The van der Waals surface area contributed by atoms with Gasteiger partial charge < -0.3 is 9.84 Å². The smallest absolute Gasteiger partial charge is 0.417 e. The van der Waals surface area contributed by atoms with Crippen LogP contribution in [0.15, 0.2) is 48.8 Å². The fraction of sp³-hybridized carbons (Fsp3) is 0.304. The van der Waals surface area contributed by atoms with Gasteiger partial charge in [0.1, 0.15) is 6.04 Å². The zero-order valence-corrected chi connectivity index (χ0v) is 16.9. The minimum Gasteiger partial charge on any atom is -0.437 e. The van der Waals surface area contributed by atoms with Crippen LogP contribution in [-0.2, 0) is 16.0 Å². The van der Waals surface area contributed by atoms with E-state index in [9.17, 15) is 14.7 Å². The molecule has 7 nitrogen and oxygen atoms in total. The number of carbonyl (C=O) groups excluding carboxylic acids is 2. The van der Waals surface area contributed by atoms with Crippen LogP contribution < -0.4 is 0 Å². The number of aliphatic hydroxyl groups excluding tert-OH is 1. The summed E-state index contributed by atoms with van der Waals surface area (Å²) in [7, 11) is 0. The summed E-state index contributed by atoms with van der Waals surface area (Å²) in [5, 5.41) is 12.0. The highest BCUT2D eigenvalue weighted by molar-refractivity contribution is 5.94. The second-order valence-corrected chi connectivity index (χ2v) is 7.55. The summed E-state index contributed by atoms with van der Waals surface area (Å²) in [6.07, 6.45) is 2.52. The Kier molecular flexibility index (Phi) is 5.46. The molecule has 0 unspecified atom stereocenters. The number of nitrogens with zero attached hydrogens (tertiary/aromatic N) is 3. The number of aryl methyl sites for hydroxylation is 3. The molecule has 3 aromatic rings. The fourth-order valence-corrected chi connectivity index (χ4v) is 4.00. The van der Waals surface area contributed by atoms with Crippen molar-refractivity contribution >= 4 is 22.8 Å². The molecule has 3 heterocycles. The minimum atomic E-state index is -0.802. The van der Waals surface area contributed by atoms with Crippen molar-refractivity contribution < 1.29 is 19.4 Å². The van der Waals surface area contributed by atoms with Crippen molar-refractivity contribution in [3.8, 4) is 0 Å². The zero-order valence-electron chi connectivity index (χ0n) is 16.9. The number of imide groups is 1. The third-order valence-corrected chi connectivity index (χ3v) is 5.33. The Labute approximate surface area is 174 Å². The monoisotopic (exact) mass is 405 g/mol. The average Bonchev–Trinajstić information content (AvgIpc) is 3.07. The first-order chi connectivity index (χ1) is 14.5. The number of aliphatic hydroxyl groups is 1. The average molecular weight is 405 g/mol. The highest BCUT2D eigenvalue weighted by Crippen LogP contribution is 2.33. The van der Waals surface area contributed by atoms with Gasteiger partial charge in [0.2, 0.25) is 5.91 Å². The number of hydrogen-bond acceptors (Lipinski definition) is 6. The molecule has 0 saturated carbocycles. The fourth-order valence-electron chi connectivity index (χ4n) is 4.00. The number of ether oxygens (including phenoxy) is 1. The van der Waals surface area contributed by atoms with Gasteiger partial charge in [-0.25, -0.2) is 9.69 Å². The Balaban J connectivity index is 1.53. The zero-order chi connectivity index (χ0) is 21.3. The summed E-state index contributed by atoms with van der Waals surface area (Å²) < 4.78 is 5.45. The van der Waals surface area contributed by atoms with Crippen molar-refractivity contribution in [3.05, 3.63) is 71.3 Å². The summed E-state index contributed by atoms with van der Waals surface area (Å²) in [5.41, 5.74) is 3.22. The van der Waals surface area contributed by atoms with Gasteiger partial charge in [0.15, 0.2) is 6.10 Å². The highest BCUT2D eigenvalue weighted by Gasteiger charge is 2.46. The van der Waals surface area contributed by atoms with Crippen molar-refractivity contribution in [2.75, 3.05) is 6.61 Å². The van der Waals surface area contributed by atoms with Crippen molar-refractivity contribution in [2.45, 2.75) is 38.8 Å². The van der Waals surface area contributed by atoms with E-state index >= 15 is 0 Å². The number of fused-ring (bicyclic) bond motifs is 1. The summed E-state index contributed by atoms with van der Waals surface area (Å²) >= 11 is 0. The van der Waals surface area contributed by atoms with Gasteiger partial charge in [0.25, 0.3) is 0 Å². The van der Waals surface area contributed by atoms with Crippen LogP contribution >= 0.6 is 0 Å². The Hall–Kier alpha value is -3.32. The SMILES string of the molecule is Cc1cc(C)nc([C@H]2OC(=O)N(C(=O)CCc3cncc4ccccc34)[C@H]2CO)c1. The Morgan fingerprint density at radius 1 is 1.20 bits per heavy atom. The standard InChI is InChI=1S/C23H23N3O4/c1-14-9-15(2)25-19(10-14)22-20(13-27)26(23(29)30-22)21(28)8-7-17-12-24-11-16-5-3-4-6-18(16)17/h3-6,9-12,20,22,27H,7-8,13H2,1-2H3/t20-,22+/m0/s1. The van der Waals surface area contributed by atoms with E-state index in [1.54, 1.807) is 12.4 Å². The van der Waals surface area contributed by atoms with E-state index in [0.717, 1.165) is 32.5 Å². The third-order valence-electron chi connectivity index (χ3n) is 5.33. The van der Waals surface area contributed by atoms with Gasteiger partial charge in [-0.3, -0.25) is 14.8 Å². The van der Waals surface area contributed by atoms with Crippen LogP contribution in [0.25, 0.3) is 10.8 Å². The molecule has 7 heteroatoms. The van der Waals surface area contributed by atoms with Gasteiger partial charge in [0.05, 0.1) is 12.3 Å². The molecule has 0 bridgehead atoms. The number of rotatable bonds is 5. The predicted octanol–water partition coefficient (Wildman–Crippen LogP) is 3.26. The van der Waals surface area contributed by atoms with Gasteiger partial charge in [-0.15, -0.1) is 0 Å². The summed E-state index contributed by atoms with van der Waals surface area (Å²) in [6, 6.07) is 10.7. The van der Waals surface area contributed by atoms with Crippen LogP contribution in [0.4, 0.5) is 4.79 Å². The second kappa shape index (κ2) is 8.20. The van der Waals surface area contributed by atoms with Crippen molar-refractivity contribution in [1.29, 1.82) is 0 Å². The van der Waals surface area contributed by atoms with Gasteiger partial charge >= 0.3 is 6.09 Å². The van der Waals surface area contributed by atoms with Crippen LogP contribution in [0, 0.1) is 13.8 Å². The molecular formula is C23H23N3O4. The summed E-state index contributed by atoms with van der Waals surface area (Å²) in [6.45, 7) is 3.37. The first kappa shape index (κ1) is 20.0. The second-order valence-electron chi connectivity index (χ2n) is 7.55. The molecule has 4 rings (SSSR count). The summed E-state index contributed by atoms with van der Waals surface area (Å²) in [4.78, 5) is 35.1. The topological polar surface area (TPSA) is 92.6 Å². The lowest BCUT2D eigenvalue weighted by Gasteiger charge is -2.21. The molecule has 30 heavy (non-hydrogen) atoms. The Bertz CT molecular complexity index is 1090. The van der Waals surface area contributed by atoms with Gasteiger partial charge in [-0.2, -0.15) is 0 Å². The number of amides is 2. The maximum absolute atomic E-state index is 12.9. The largest absolute Gasteiger partial charge is 0.437 e. The molecule has 2 aromatic heterocycles. The van der Waals surface area contributed by atoms with E-state index in [0.29, 0.717) is 12.1 Å². The van der Waals surface area contributed by atoms with E-state index in [1.165, 1.54) is 0 Å². The van der Waals surface area contributed by atoms with Crippen LogP contribution in [-0.4, -0.2) is 44.6 Å². The van der Waals surface area contributed by atoms with Crippen LogP contribution in [0.5, 0.6) is 0 Å². The lowest BCUT2D eigenvalue weighted by Crippen LogP contribution is -2.41. The van der Waals surface area contributed by atoms with E-state index in [-0.39, 0.29) is 12.3 Å². The third kappa shape index (κ3) is 3.76. The van der Waals surface area contributed by atoms with Gasteiger partial charge in [0, 0.05) is 29.9 Å². The first-order valence-corrected chi connectivity index (χ1v) is 9.88. The predicted molar refractivity (Wildman–Crippen MR) is 111 cm³/mol. The number of carbonyl (C=O) groups is 2. The number of pyridine rings is 2. The lowest BCUT2D eigenvalue weighted by atomic mass is 10.0. The molecule has 1 fully saturated rings. The molecule has 154 valence electrons. The molecule has 2 atom stereocenters. The molecule has 2 amide bonds. The van der Waals surface area contributed by atoms with E-state index in [2.05, 4.69) is 9.97 Å². The summed E-state index contributed by atoms with van der Waals surface area (Å²) in [5.74, 6) is -0.390. The number of benzene rings is 1. The van der Waals surface area contributed by atoms with Crippen LogP contribution in [0.3, 0.4) is 0 Å². The van der Waals surface area contributed by atoms with Crippen molar-refractivity contribution in [1.82, 2.24) is 14.9 Å². The van der Waals surface area contributed by atoms with Gasteiger partial charge in [-0.05, 0) is 48.9 Å². The molecule has 1 N–H and O–H groups in total. The minimum absolute atomic E-state index is 0.105. The Morgan fingerprint density at radius 3 is 2.77 bits per heavy atom. The molecule has 1 aliphatic heterocycles. The van der Waals surface area contributed by atoms with Crippen LogP contribution in [0.2, 0.25) is 0 Å². The number of hydrogen-bond donors (Lipinski definition) is 1. The van der Waals surface area contributed by atoms with Gasteiger partial charge in [-0.1, -0.05) is 24.3 Å². The molecular weight excluding hydrogens is 382 g/mol. The molecule has 1 saturated heterocycles. The van der Waals surface area contributed by atoms with Crippen molar-refractivity contribution in [2.24, 2.45) is 0 Å². The van der Waals surface area contributed by atoms with E-state index in [1.807, 2.05) is 50.2 Å². The normalized spacial score (nSPS) is 18.6. The molecule has 1 aromatic carbocycles. The number of aromatic nitrogens is 2. The highest BCUT2D eigenvalue weighted by atomic mass is 16.6. The Morgan fingerprint density at radius 2 is 2.00 bits per heavy atom. The molecule has 1 aliphatic rings. The quantitative estimate of drug-likeness (QED) is 0.700. The first-order valence-electron chi connectivity index (χ1n) is 9.88. The lowest BCUT2D eigenvalue weighted by molar-refractivity contribution is -0.129. The van der Waals surface area contributed by atoms with E-state index in [4.69, 9.17) is 4.74 Å².